The van der Waals surface area contributed by atoms with Crippen molar-refractivity contribution in [3.05, 3.63) is 53.0 Å². The van der Waals surface area contributed by atoms with Gasteiger partial charge >= 0.3 is 0 Å². The molecule has 0 atom stereocenters. The molecule has 3 heterocycles. The molecule has 7 nitrogen and oxygen atoms in total. The van der Waals surface area contributed by atoms with Crippen LogP contribution in [-0.2, 0) is 24.2 Å². The number of rotatable bonds is 4. The zero-order valence-corrected chi connectivity index (χ0v) is 16.8. The van der Waals surface area contributed by atoms with Gasteiger partial charge in [0.15, 0.2) is 0 Å². The summed E-state index contributed by atoms with van der Waals surface area (Å²) in [5, 5.41) is 7.53. The highest BCUT2D eigenvalue weighted by atomic mass is 16.1. The van der Waals surface area contributed by atoms with E-state index >= 15 is 0 Å². The topological polar surface area (TPSA) is 75.4 Å². The highest BCUT2D eigenvalue weighted by molar-refractivity contribution is 5.79. The molecule has 1 aliphatic carbocycles. The number of benzene rings is 1. The average Bonchev–Trinajstić information content (AvgIpc) is 3.40. The van der Waals surface area contributed by atoms with Crippen LogP contribution in [0.3, 0.4) is 0 Å². The molecule has 1 fully saturated rings. The highest BCUT2D eigenvalue weighted by Crippen LogP contribution is 2.32. The lowest BCUT2D eigenvalue weighted by molar-refractivity contribution is -0.125. The van der Waals surface area contributed by atoms with Crippen LogP contribution in [0.1, 0.15) is 41.6 Å². The summed E-state index contributed by atoms with van der Waals surface area (Å²) in [7, 11) is 0. The molecule has 2 aliphatic rings. The van der Waals surface area contributed by atoms with Gasteiger partial charge < -0.3 is 10.2 Å². The third kappa shape index (κ3) is 3.45. The number of hydrogen-bond donors (Lipinski definition) is 1. The first-order valence-corrected chi connectivity index (χ1v) is 10.5. The first kappa shape index (κ1) is 18.1. The number of piperidine rings is 1. The maximum Gasteiger partial charge on any atom is 0.254 e. The van der Waals surface area contributed by atoms with Crippen LogP contribution in [-0.4, -0.2) is 38.6 Å². The Balaban J connectivity index is 1.25. The number of aryl methyl sites for hydroxylation is 2. The first-order valence-electron chi connectivity index (χ1n) is 10.5. The maximum absolute atomic E-state index is 12.7. The zero-order valence-electron chi connectivity index (χ0n) is 16.8. The molecule has 1 amide bonds. The minimum absolute atomic E-state index is 0.0674. The van der Waals surface area contributed by atoms with Gasteiger partial charge in [-0.3, -0.25) is 4.79 Å². The van der Waals surface area contributed by atoms with Crippen molar-refractivity contribution in [2.45, 2.75) is 45.6 Å². The summed E-state index contributed by atoms with van der Waals surface area (Å²) in [6.45, 7) is 4.38. The Hall–Kier alpha value is -2.96. The fraction of sp³-hybridized carbons (Fsp3) is 0.455. The standard InChI is InChI=1S/C22H26N6O/c1-15-5-7-16(8-6-15)13-23-20(29)17-9-11-27(12-10-17)21-18-3-2-4-19(18)26-22-24-14-25-28(21)22/h5-8,14,17H,2-4,9-13H2,1H3,(H,23,29). The Bertz CT molecular complexity index is 1030. The first-order chi connectivity index (χ1) is 14.2. The molecular formula is C22H26N6O. The van der Waals surface area contributed by atoms with E-state index in [1.807, 2.05) is 4.52 Å². The lowest BCUT2D eigenvalue weighted by Crippen LogP contribution is -2.41. The van der Waals surface area contributed by atoms with Crippen LogP contribution in [0.25, 0.3) is 5.78 Å². The van der Waals surface area contributed by atoms with Gasteiger partial charge in [0.25, 0.3) is 5.78 Å². The molecule has 29 heavy (non-hydrogen) atoms. The molecule has 150 valence electrons. The number of fused-ring (bicyclic) bond motifs is 2. The number of nitrogens with zero attached hydrogens (tertiary/aromatic N) is 5. The van der Waals surface area contributed by atoms with E-state index in [-0.39, 0.29) is 11.8 Å². The Kier molecular flexibility index (Phi) is 4.66. The molecule has 2 aromatic heterocycles. The minimum Gasteiger partial charge on any atom is -0.356 e. The molecule has 1 N–H and O–H groups in total. The average molecular weight is 390 g/mol. The van der Waals surface area contributed by atoms with Crippen molar-refractivity contribution in [3.63, 3.8) is 0 Å². The van der Waals surface area contributed by atoms with Crippen molar-refractivity contribution >= 4 is 17.5 Å². The van der Waals surface area contributed by atoms with Crippen molar-refractivity contribution in [1.29, 1.82) is 0 Å². The summed E-state index contributed by atoms with van der Waals surface area (Å²) < 4.78 is 1.88. The second kappa shape index (κ2) is 7.46. The van der Waals surface area contributed by atoms with Crippen LogP contribution >= 0.6 is 0 Å². The number of nitrogens with one attached hydrogen (secondary N) is 1. The summed E-state index contributed by atoms with van der Waals surface area (Å²) in [5.74, 6) is 2.05. The Morgan fingerprint density at radius 2 is 1.97 bits per heavy atom. The van der Waals surface area contributed by atoms with Gasteiger partial charge in [-0.25, -0.2) is 4.98 Å². The highest BCUT2D eigenvalue weighted by Gasteiger charge is 2.30. The van der Waals surface area contributed by atoms with Gasteiger partial charge in [0, 0.05) is 31.1 Å². The normalized spacial score (nSPS) is 16.9. The number of hydrogen-bond acceptors (Lipinski definition) is 5. The second-order valence-corrected chi connectivity index (χ2v) is 8.15. The van der Waals surface area contributed by atoms with E-state index in [1.54, 1.807) is 6.33 Å². The lowest BCUT2D eigenvalue weighted by Gasteiger charge is -2.34. The smallest absolute Gasteiger partial charge is 0.254 e. The van der Waals surface area contributed by atoms with Gasteiger partial charge in [0.05, 0.1) is 5.69 Å². The molecule has 5 rings (SSSR count). The summed E-state index contributed by atoms with van der Waals surface area (Å²) in [6.07, 6.45) is 6.49. The number of carbonyl (C=O) groups excluding carboxylic acids is 1. The molecule has 0 bridgehead atoms. The fourth-order valence-electron chi connectivity index (χ4n) is 4.52. The third-order valence-electron chi connectivity index (χ3n) is 6.18. The summed E-state index contributed by atoms with van der Waals surface area (Å²) >= 11 is 0. The van der Waals surface area contributed by atoms with Crippen LogP contribution in [0.2, 0.25) is 0 Å². The number of carbonyl (C=O) groups is 1. The molecule has 3 aromatic rings. The molecule has 0 radical (unpaired) electrons. The minimum atomic E-state index is 0.0674. The zero-order chi connectivity index (χ0) is 19.8. The van der Waals surface area contributed by atoms with E-state index in [0.717, 1.165) is 56.6 Å². The van der Waals surface area contributed by atoms with Gasteiger partial charge in [-0.2, -0.15) is 14.6 Å². The van der Waals surface area contributed by atoms with E-state index < -0.39 is 0 Å². The van der Waals surface area contributed by atoms with Crippen LogP contribution in [0, 0.1) is 12.8 Å². The molecular weight excluding hydrogens is 364 g/mol. The Morgan fingerprint density at radius 1 is 1.17 bits per heavy atom. The number of amides is 1. The molecule has 1 saturated heterocycles. The van der Waals surface area contributed by atoms with E-state index in [4.69, 9.17) is 0 Å². The molecule has 1 aliphatic heterocycles. The lowest BCUT2D eigenvalue weighted by atomic mass is 9.95. The van der Waals surface area contributed by atoms with Gasteiger partial charge in [-0.15, -0.1) is 0 Å². The van der Waals surface area contributed by atoms with Crippen molar-refractivity contribution in [2.24, 2.45) is 5.92 Å². The van der Waals surface area contributed by atoms with E-state index in [2.05, 4.69) is 56.5 Å². The Labute approximate surface area is 170 Å². The van der Waals surface area contributed by atoms with Gasteiger partial charge in [0.2, 0.25) is 5.91 Å². The molecule has 1 aromatic carbocycles. The van der Waals surface area contributed by atoms with Crippen LogP contribution in [0.5, 0.6) is 0 Å². The largest absolute Gasteiger partial charge is 0.356 e. The van der Waals surface area contributed by atoms with Gasteiger partial charge in [-0.1, -0.05) is 29.8 Å². The molecule has 0 unspecified atom stereocenters. The predicted molar refractivity (Wildman–Crippen MR) is 111 cm³/mol. The molecule has 0 spiro atoms. The summed E-state index contributed by atoms with van der Waals surface area (Å²) in [5.41, 5.74) is 4.85. The van der Waals surface area contributed by atoms with Crippen molar-refractivity contribution in [2.75, 3.05) is 18.0 Å². The van der Waals surface area contributed by atoms with Gasteiger partial charge in [-0.05, 0) is 44.6 Å². The van der Waals surface area contributed by atoms with E-state index in [9.17, 15) is 4.79 Å². The predicted octanol–water partition coefficient (Wildman–Crippen LogP) is 2.45. The van der Waals surface area contributed by atoms with Gasteiger partial charge in [0.1, 0.15) is 12.1 Å². The SMILES string of the molecule is Cc1ccc(CNC(=O)C2CCN(c3c4c(nc5ncnn35)CCC4)CC2)cc1. The van der Waals surface area contributed by atoms with Crippen LogP contribution in [0.15, 0.2) is 30.6 Å². The van der Waals surface area contributed by atoms with E-state index in [0.29, 0.717) is 12.3 Å². The number of aromatic nitrogens is 4. The third-order valence-corrected chi connectivity index (χ3v) is 6.18. The summed E-state index contributed by atoms with van der Waals surface area (Å²) in [6, 6.07) is 8.31. The molecule has 7 heteroatoms. The summed E-state index contributed by atoms with van der Waals surface area (Å²) in [4.78, 5) is 24.0. The van der Waals surface area contributed by atoms with Crippen molar-refractivity contribution in [1.82, 2.24) is 24.9 Å². The monoisotopic (exact) mass is 390 g/mol. The maximum atomic E-state index is 12.7. The Morgan fingerprint density at radius 3 is 2.76 bits per heavy atom. The van der Waals surface area contributed by atoms with Crippen LogP contribution < -0.4 is 10.2 Å². The van der Waals surface area contributed by atoms with Crippen LogP contribution in [0.4, 0.5) is 5.82 Å². The second-order valence-electron chi connectivity index (χ2n) is 8.15. The quantitative estimate of drug-likeness (QED) is 0.741. The van der Waals surface area contributed by atoms with Crippen molar-refractivity contribution in [3.8, 4) is 0 Å². The van der Waals surface area contributed by atoms with Crippen molar-refractivity contribution < 1.29 is 4.79 Å². The fourth-order valence-corrected chi connectivity index (χ4v) is 4.52. The number of anilines is 1. The molecule has 0 saturated carbocycles. The van der Waals surface area contributed by atoms with E-state index in [1.165, 1.54) is 16.8 Å².